The predicted molar refractivity (Wildman–Crippen MR) is 107 cm³/mol. The molecule has 0 rings (SSSR count). The molecule has 0 heterocycles. The number of hydrogen-bond donors (Lipinski definition) is 2. The van der Waals surface area contributed by atoms with Gasteiger partial charge in [0.15, 0.2) is 0 Å². The summed E-state index contributed by atoms with van der Waals surface area (Å²) in [7, 11) is -6.98. The molecule has 0 aromatic rings. The second kappa shape index (κ2) is 10.9. The van der Waals surface area contributed by atoms with Crippen molar-refractivity contribution in [2.45, 2.75) is 83.8 Å². The van der Waals surface area contributed by atoms with Gasteiger partial charge in [0.1, 0.15) is 0 Å². The highest BCUT2D eigenvalue weighted by Gasteiger charge is 2.35. The maximum atomic E-state index is 11.7. The third-order valence-corrected chi connectivity index (χ3v) is 7.56. The fraction of sp³-hybridized carbons (Fsp3) is 1.00. The lowest BCUT2D eigenvalue weighted by molar-refractivity contribution is 0.116. The Morgan fingerprint density at radius 1 is 0.808 bits per heavy atom. The summed E-state index contributed by atoms with van der Waals surface area (Å²) in [4.78, 5) is 0. The largest absolute Gasteiger partial charge is 0.381 e. The molecule has 0 radical (unpaired) electrons. The van der Waals surface area contributed by atoms with Crippen LogP contribution in [0.25, 0.3) is 0 Å². The Hall–Kier alpha value is -0.220. The molecule has 7 nitrogen and oxygen atoms in total. The average molecular weight is 415 g/mol. The first kappa shape index (κ1) is 25.8. The molecule has 0 fully saturated rings. The lowest BCUT2D eigenvalue weighted by Gasteiger charge is -2.26. The molecule has 0 aliphatic heterocycles. The predicted octanol–water partition coefficient (Wildman–Crippen LogP) is 2.51. The summed E-state index contributed by atoms with van der Waals surface area (Å²) in [6, 6.07) is 0. The van der Waals surface area contributed by atoms with E-state index in [4.69, 9.17) is 15.0 Å². The number of ether oxygens (including phenoxy) is 1. The quantitative estimate of drug-likeness (QED) is 0.398. The van der Waals surface area contributed by atoms with Crippen LogP contribution in [0.1, 0.15) is 79.1 Å². The van der Waals surface area contributed by atoms with Gasteiger partial charge in [-0.05, 0) is 50.9 Å². The van der Waals surface area contributed by atoms with Gasteiger partial charge in [-0.1, -0.05) is 33.6 Å². The highest BCUT2D eigenvalue weighted by atomic mass is 32.2. The molecule has 4 N–H and O–H groups in total. The number of nitrogens with two attached hydrogens (primary N) is 2. The van der Waals surface area contributed by atoms with Crippen LogP contribution in [0.4, 0.5) is 0 Å². The Balaban J connectivity index is 3.99. The average Bonchev–Trinajstić information content (AvgIpc) is 2.43. The zero-order chi connectivity index (χ0) is 20.5. The Bertz CT molecular complexity index is 603. The van der Waals surface area contributed by atoms with E-state index in [0.717, 1.165) is 32.1 Å². The first-order valence-electron chi connectivity index (χ1n) is 9.33. The van der Waals surface area contributed by atoms with Gasteiger partial charge in [0.25, 0.3) is 0 Å². The van der Waals surface area contributed by atoms with Crippen molar-refractivity contribution in [3.63, 3.8) is 0 Å². The molecule has 0 amide bonds. The molecule has 0 aromatic heterocycles. The van der Waals surface area contributed by atoms with Crippen molar-refractivity contribution in [1.82, 2.24) is 0 Å². The molecule has 26 heavy (non-hydrogen) atoms. The Morgan fingerprint density at radius 3 is 1.88 bits per heavy atom. The summed E-state index contributed by atoms with van der Waals surface area (Å²) in [5.41, 5.74) is 0.0675. The van der Waals surface area contributed by atoms with Gasteiger partial charge >= 0.3 is 0 Å². The first-order valence-corrected chi connectivity index (χ1v) is 12.6. The van der Waals surface area contributed by atoms with Crippen LogP contribution in [0, 0.1) is 5.41 Å². The minimum Gasteiger partial charge on any atom is -0.381 e. The van der Waals surface area contributed by atoms with Crippen molar-refractivity contribution in [3.05, 3.63) is 0 Å². The van der Waals surface area contributed by atoms with E-state index in [1.165, 1.54) is 0 Å². The van der Waals surface area contributed by atoms with Crippen molar-refractivity contribution in [2.24, 2.45) is 15.7 Å². The van der Waals surface area contributed by atoms with E-state index in [9.17, 15) is 16.8 Å². The van der Waals surface area contributed by atoms with Gasteiger partial charge in [-0.25, -0.2) is 27.1 Å². The smallest absolute Gasteiger partial charge is 0.214 e. The van der Waals surface area contributed by atoms with E-state index < -0.39 is 24.8 Å². The van der Waals surface area contributed by atoms with Crippen molar-refractivity contribution in [2.75, 3.05) is 19.0 Å². The molecule has 0 bridgehead atoms. The molecule has 0 spiro atoms. The highest BCUT2D eigenvalue weighted by Crippen LogP contribution is 2.29. The van der Waals surface area contributed by atoms with Gasteiger partial charge in [0, 0.05) is 13.2 Å². The SMILES string of the molecule is CCCC(C)(CCOCCCCC(C)(C)CCCS(N)(=O)=O)S(N)(=O)=O. The summed E-state index contributed by atoms with van der Waals surface area (Å²) < 4.78 is 50.1. The molecule has 0 saturated carbocycles. The molecular weight excluding hydrogens is 376 g/mol. The van der Waals surface area contributed by atoms with Crippen molar-refractivity contribution in [1.29, 1.82) is 0 Å². The van der Waals surface area contributed by atoms with E-state index in [0.29, 0.717) is 32.5 Å². The van der Waals surface area contributed by atoms with E-state index in [2.05, 4.69) is 13.8 Å². The zero-order valence-electron chi connectivity index (χ0n) is 16.8. The van der Waals surface area contributed by atoms with Crippen LogP contribution in [0.15, 0.2) is 0 Å². The van der Waals surface area contributed by atoms with E-state index in [1.54, 1.807) is 6.92 Å². The lowest BCUT2D eigenvalue weighted by Crippen LogP contribution is -2.41. The van der Waals surface area contributed by atoms with Gasteiger partial charge in [0.05, 0.1) is 10.5 Å². The van der Waals surface area contributed by atoms with Gasteiger partial charge in [-0.2, -0.15) is 0 Å². The maximum Gasteiger partial charge on any atom is 0.214 e. The molecule has 158 valence electrons. The minimum absolute atomic E-state index is 0.0279. The Kier molecular flexibility index (Phi) is 10.9. The fourth-order valence-corrected chi connectivity index (χ4v) is 4.42. The molecule has 9 heteroatoms. The number of primary sulfonamides is 2. The number of rotatable bonds is 15. The summed E-state index contributed by atoms with van der Waals surface area (Å²) >= 11 is 0. The van der Waals surface area contributed by atoms with Crippen molar-refractivity contribution in [3.8, 4) is 0 Å². The van der Waals surface area contributed by atoms with Crippen molar-refractivity contribution < 1.29 is 21.6 Å². The highest BCUT2D eigenvalue weighted by molar-refractivity contribution is 7.90. The molecule has 1 unspecified atom stereocenters. The summed E-state index contributed by atoms with van der Waals surface area (Å²) in [5, 5.41) is 10.4. The molecule has 0 aliphatic carbocycles. The first-order chi connectivity index (χ1) is 11.7. The normalized spacial score (nSPS) is 15.8. The summed E-state index contributed by atoms with van der Waals surface area (Å²) in [6.07, 6.45) is 5.92. The van der Waals surface area contributed by atoms with Crippen LogP contribution in [0.3, 0.4) is 0 Å². The van der Waals surface area contributed by atoms with Gasteiger partial charge in [-0.15, -0.1) is 0 Å². The summed E-state index contributed by atoms with van der Waals surface area (Å²) in [5.74, 6) is 0.0279. The van der Waals surface area contributed by atoms with E-state index >= 15 is 0 Å². The van der Waals surface area contributed by atoms with Crippen molar-refractivity contribution >= 4 is 20.0 Å². The van der Waals surface area contributed by atoms with Gasteiger partial charge in [-0.3, -0.25) is 0 Å². The topological polar surface area (TPSA) is 130 Å². The zero-order valence-corrected chi connectivity index (χ0v) is 18.4. The Labute approximate surface area is 160 Å². The molecule has 0 aromatic carbocycles. The van der Waals surface area contributed by atoms with Gasteiger partial charge < -0.3 is 4.74 Å². The second-order valence-electron chi connectivity index (χ2n) is 8.20. The monoisotopic (exact) mass is 414 g/mol. The van der Waals surface area contributed by atoms with Gasteiger partial charge in [0.2, 0.25) is 20.0 Å². The third-order valence-electron chi connectivity index (χ3n) is 4.92. The number of unbranched alkanes of at least 4 members (excludes halogenated alkanes) is 1. The van der Waals surface area contributed by atoms with Crippen LogP contribution in [-0.2, 0) is 24.8 Å². The Morgan fingerprint density at radius 2 is 1.38 bits per heavy atom. The maximum absolute atomic E-state index is 11.7. The fourth-order valence-electron chi connectivity index (χ4n) is 3.01. The number of sulfonamides is 2. The summed E-state index contributed by atoms with van der Waals surface area (Å²) in [6.45, 7) is 8.83. The van der Waals surface area contributed by atoms with E-state index in [1.807, 2.05) is 6.92 Å². The second-order valence-corrected chi connectivity index (χ2v) is 12.0. The van der Waals surface area contributed by atoms with Crippen LogP contribution in [0.2, 0.25) is 0 Å². The molecule has 1 atom stereocenters. The molecular formula is C17H38N2O5S2. The van der Waals surface area contributed by atoms with Crippen LogP contribution in [-0.4, -0.2) is 40.5 Å². The third kappa shape index (κ3) is 11.5. The van der Waals surface area contributed by atoms with Crippen LogP contribution >= 0.6 is 0 Å². The minimum atomic E-state index is -3.59. The lowest BCUT2D eigenvalue weighted by atomic mass is 9.83. The standard InChI is InChI=1S/C17H38N2O5S2/c1-5-9-17(4,26(19,22)23)12-14-24-13-7-6-10-16(2,3)11-8-15-25(18,20)21/h5-15H2,1-4H3,(H2,18,20,21)(H2,19,22,23). The molecule has 0 aliphatic rings. The molecule has 0 saturated heterocycles. The van der Waals surface area contributed by atoms with E-state index in [-0.39, 0.29) is 11.2 Å². The number of hydrogen-bond acceptors (Lipinski definition) is 5. The van der Waals surface area contributed by atoms with Crippen LogP contribution in [0.5, 0.6) is 0 Å². The van der Waals surface area contributed by atoms with Crippen LogP contribution < -0.4 is 10.3 Å².